The third kappa shape index (κ3) is 6.36. The number of hydrogen-bond donors (Lipinski definition) is 0. The topological polar surface area (TPSA) is 55.8 Å². The molecule has 21 heavy (non-hydrogen) atoms. The first-order chi connectivity index (χ1) is 10.0. The first-order valence-corrected chi connectivity index (χ1v) is 9.76. The highest BCUT2D eigenvalue weighted by Crippen LogP contribution is 2.15. The van der Waals surface area contributed by atoms with Crippen LogP contribution in [0.1, 0.15) is 18.9 Å². The maximum atomic E-state index is 12.5. The van der Waals surface area contributed by atoms with E-state index in [4.69, 9.17) is 9.57 Å². The molecule has 1 atom stereocenters. The van der Waals surface area contributed by atoms with Crippen LogP contribution in [0.3, 0.4) is 0 Å². The van der Waals surface area contributed by atoms with Crippen molar-refractivity contribution in [3.8, 4) is 0 Å². The van der Waals surface area contributed by atoms with Crippen LogP contribution >= 0.6 is 11.8 Å². The van der Waals surface area contributed by atoms with Crippen LogP contribution < -0.4 is 0 Å². The Kier molecular flexibility index (Phi) is 8.28. The molecule has 1 unspecified atom stereocenters. The van der Waals surface area contributed by atoms with Crippen molar-refractivity contribution in [1.82, 2.24) is 4.47 Å². The molecule has 0 aromatic heterocycles. The van der Waals surface area contributed by atoms with E-state index in [0.717, 1.165) is 10.0 Å². The molecule has 0 N–H and O–H groups in total. The van der Waals surface area contributed by atoms with Gasteiger partial charge in [-0.05, 0) is 18.2 Å². The SMILES string of the molecule is CCC(OC)ON(CCSC)S(=O)(=O)Cc1ccccc1. The van der Waals surface area contributed by atoms with Crippen LogP contribution in [-0.4, -0.2) is 44.8 Å². The Morgan fingerprint density at radius 3 is 2.48 bits per heavy atom. The number of benzene rings is 1. The molecule has 0 aliphatic heterocycles. The molecule has 0 aliphatic carbocycles. The minimum atomic E-state index is -3.55. The summed E-state index contributed by atoms with van der Waals surface area (Å²) >= 11 is 1.57. The second-order valence-electron chi connectivity index (χ2n) is 4.44. The van der Waals surface area contributed by atoms with Gasteiger partial charge in [0.15, 0.2) is 6.29 Å². The van der Waals surface area contributed by atoms with E-state index in [0.29, 0.717) is 18.7 Å². The lowest BCUT2D eigenvalue weighted by Gasteiger charge is -2.25. The first kappa shape index (κ1) is 18.4. The Balaban J connectivity index is 2.83. The summed E-state index contributed by atoms with van der Waals surface area (Å²) < 4.78 is 31.2. The molecule has 0 aliphatic rings. The molecule has 7 heteroatoms. The summed E-state index contributed by atoms with van der Waals surface area (Å²) in [6.07, 6.45) is 1.94. The van der Waals surface area contributed by atoms with Gasteiger partial charge in [-0.1, -0.05) is 41.7 Å². The number of ether oxygens (including phenoxy) is 1. The number of thioether (sulfide) groups is 1. The summed E-state index contributed by atoms with van der Waals surface area (Å²) in [5.41, 5.74) is 0.737. The van der Waals surface area contributed by atoms with Gasteiger partial charge in [0.2, 0.25) is 10.0 Å². The fraction of sp³-hybridized carbons (Fsp3) is 0.571. The van der Waals surface area contributed by atoms with Crippen LogP contribution in [-0.2, 0) is 25.4 Å². The van der Waals surface area contributed by atoms with E-state index < -0.39 is 16.3 Å². The van der Waals surface area contributed by atoms with Gasteiger partial charge in [-0.15, -0.1) is 0 Å². The van der Waals surface area contributed by atoms with Crippen molar-refractivity contribution in [2.45, 2.75) is 25.4 Å². The minimum Gasteiger partial charge on any atom is -0.354 e. The van der Waals surface area contributed by atoms with Crippen LogP contribution in [0.15, 0.2) is 30.3 Å². The van der Waals surface area contributed by atoms with Crippen molar-refractivity contribution in [3.63, 3.8) is 0 Å². The van der Waals surface area contributed by atoms with Crippen LogP contribution in [0.4, 0.5) is 0 Å². The summed E-state index contributed by atoms with van der Waals surface area (Å²) in [6, 6.07) is 9.08. The molecule has 0 spiro atoms. The van der Waals surface area contributed by atoms with Crippen molar-refractivity contribution in [2.24, 2.45) is 0 Å². The Labute approximate surface area is 131 Å². The van der Waals surface area contributed by atoms with Gasteiger partial charge in [0.1, 0.15) is 0 Å². The van der Waals surface area contributed by atoms with Crippen molar-refractivity contribution >= 4 is 21.8 Å². The molecular weight excluding hydrogens is 310 g/mol. The van der Waals surface area contributed by atoms with Gasteiger partial charge >= 0.3 is 0 Å². The summed E-state index contributed by atoms with van der Waals surface area (Å²) in [5.74, 6) is 0.580. The molecule has 120 valence electrons. The number of nitrogens with zero attached hydrogens (tertiary/aromatic N) is 1. The van der Waals surface area contributed by atoms with Crippen LogP contribution in [0.5, 0.6) is 0 Å². The zero-order valence-electron chi connectivity index (χ0n) is 12.7. The minimum absolute atomic E-state index is 0.0810. The van der Waals surface area contributed by atoms with Crippen molar-refractivity contribution in [2.75, 3.05) is 25.7 Å². The van der Waals surface area contributed by atoms with Crippen molar-refractivity contribution < 1.29 is 18.0 Å². The van der Waals surface area contributed by atoms with E-state index in [1.54, 1.807) is 23.9 Å². The average molecular weight is 333 g/mol. The lowest BCUT2D eigenvalue weighted by Crippen LogP contribution is -2.38. The van der Waals surface area contributed by atoms with E-state index in [2.05, 4.69) is 0 Å². The zero-order valence-corrected chi connectivity index (χ0v) is 14.3. The van der Waals surface area contributed by atoms with Crippen LogP contribution in [0.2, 0.25) is 0 Å². The number of rotatable bonds is 10. The van der Waals surface area contributed by atoms with Gasteiger partial charge in [-0.3, -0.25) is 4.84 Å². The molecule has 0 bridgehead atoms. The summed E-state index contributed by atoms with van der Waals surface area (Å²) in [4.78, 5) is 5.50. The maximum absolute atomic E-state index is 12.5. The second kappa shape index (κ2) is 9.42. The van der Waals surface area contributed by atoms with E-state index in [9.17, 15) is 8.42 Å². The maximum Gasteiger partial charge on any atom is 0.240 e. The summed E-state index contributed by atoms with van der Waals surface area (Å²) in [6.45, 7) is 2.18. The normalized spacial score (nSPS) is 13.5. The molecule has 0 fully saturated rings. The highest BCUT2D eigenvalue weighted by atomic mass is 32.2. The summed E-state index contributed by atoms with van der Waals surface area (Å²) in [5, 5.41) is 0. The van der Waals surface area contributed by atoms with Gasteiger partial charge < -0.3 is 4.74 Å². The number of sulfonamides is 1. The lowest BCUT2D eigenvalue weighted by molar-refractivity contribution is -0.228. The zero-order chi connectivity index (χ0) is 15.7. The summed E-state index contributed by atoms with van der Waals surface area (Å²) in [7, 11) is -2.04. The molecule has 0 saturated carbocycles. The molecule has 1 rings (SSSR count). The first-order valence-electron chi connectivity index (χ1n) is 6.76. The molecule has 5 nitrogen and oxygen atoms in total. The highest BCUT2D eigenvalue weighted by molar-refractivity contribution is 7.98. The van der Waals surface area contributed by atoms with E-state index >= 15 is 0 Å². The van der Waals surface area contributed by atoms with Gasteiger partial charge in [0.25, 0.3) is 0 Å². The lowest BCUT2D eigenvalue weighted by atomic mass is 10.2. The fourth-order valence-corrected chi connectivity index (χ4v) is 3.51. The van der Waals surface area contributed by atoms with Gasteiger partial charge in [-0.25, -0.2) is 8.42 Å². The highest BCUT2D eigenvalue weighted by Gasteiger charge is 2.26. The fourth-order valence-electron chi connectivity index (χ4n) is 1.70. The standard InChI is InChI=1S/C14H23NO4S2/c1-4-14(18-2)19-15(10-11-20-3)21(16,17)12-13-8-6-5-7-9-13/h5-9,14H,4,10-12H2,1-3H3. The Morgan fingerprint density at radius 1 is 1.29 bits per heavy atom. The molecule has 0 heterocycles. The van der Waals surface area contributed by atoms with Crippen molar-refractivity contribution in [3.05, 3.63) is 35.9 Å². The smallest absolute Gasteiger partial charge is 0.240 e. The quantitative estimate of drug-likeness (QED) is 0.486. The van der Waals surface area contributed by atoms with Gasteiger partial charge in [0, 0.05) is 19.4 Å². The monoisotopic (exact) mass is 333 g/mol. The molecular formula is C14H23NO4S2. The Morgan fingerprint density at radius 2 is 1.95 bits per heavy atom. The molecule has 1 aromatic rings. The van der Waals surface area contributed by atoms with Crippen LogP contribution in [0, 0.1) is 0 Å². The van der Waals surface area contributed by atoms with Gasteiger partial charge in [0.05, 0.1) is 5.75 Å². The molecule has 1 aromatic carbocycles. The third-order valence-corrected chi connectivity index (χ3v) is 4.99. The number of hydrogen-bond acceptors (Lipinski definition) is 5. The largest absolute Gasteiger partial charge is 0.354 e. The molecule has 0 amide bonds. The number of methoxy groups -OCH3 is 1. The van der Waals surface area contributed by atoms with E-state index in [1.165, 1.54) is 7.11 Å². The Bertz CT molecular complexity index is 489. The van der Waals surface area contributed by atoms with Crippen LogP contribution in [0.25, 0.3) is 0 Å². The predicted molar refractivity (Wildman–Crippen MR) is 86.3 cm³/mol. The van der Waals surface area contributed by atoms with E-state index in [1.807, 2.05) is 31.4 Å². The third-order valence-electron chi connectivity index (χ3n) is 2.81. The van der Waals surface area contributed by atoms with E-state index in [-0.39, 0.29) is 5.75 Å². The predicted octanol–water partition coefficient (Wildman–Crippen LogP) is 2.50. The average Bonchev–Trinajstić information content (AvgIpc) is 2.48. The second-order valence-corrected chi connectivity index (χ2v) is 7.29. The van der Waals surface area contributed by atoms with Crippen molar-refractivity contribution in [1.29, 1.82) is 0 Å². The Hall–Kier alpha value is -0.600. The molecule has 0 radical (unpaired) electrons. The molecule has 0 saturated heterocycles. The number of hydroxylamine groups is 1. The van der Waals surface area contributed by atoms with Gasteiger partial charge in [-0.2, -0.15) is 11.8 Å².